The van der Waals surface area contributed by atoms with Crippen LogP contribution < -0.4 is 31.4 Å². The van der Waals surface area contributed by atoms with Crippen molar-refractivity contribution in [1.82, 2.24) is 20.4 Å². The third kappa shape index (κ3) is 4.55. The van der Waals surface area contributed by atoms with Gasteiger partial charge in [-0.3, -0.25) is 20.6 Å². The molecule has 0 aliphatic carbocycles. The fourth-order valence-corrected chi connectivity index (χ4v) is 2.60. The van der Waals surface area contributed by atoms with Crippen LogP contribution in [-0.4, -0.2) is 35.1 Å². The zero-order chi connectivity index (χ0) is 20.8. The molecule has 1 aromatic carbocycles. The number of nitrogen functional groups attached to an aromatic ring is 1. The number of hydrogen-bond acceptors (Lipinski definition) is 9. The van der Waals surface area contributed by atoms with Crippen molar-refractivity contribution in [1.29, 1.82) is 0 Å². The maximum absolute atomic E-state index is 12.1. The first kappa shape index (κ1) is 20.0. The van der Waals surface area contributed by atoms with Gasteiger partial charge in [-0.25, -0.2) is 9.97 Å². The summed E-state index contributed by atoms with van der Waals surface area (Å²) in [5.74, 6) is 0.979. The summed E-state index contributed by atoms with van der Waals surface area (Å²) in [5.41, 5.74) is 12.2. The van der Waals surface area contributed by atoms with Gasteiger partial charge in [0.1, 0.15) is 29.2 Å². The Kier molecular flexibility index (Phi) is 6.15. The molecule has 2 aromatic heterocycles. The van der Waals surface area contributed by atoms with Crippen molar-refractivity contribution in [2.24, 2.45) is 0 Å². The Balaban J connectivity index is 1.79. The van der Waals surface area contributed by atoms with Crippen LogP contribution in [0.3, 0.4) is 0 Å². The standard InChI is InChI=1S/C18H18ClN7O3/c1-28-13-8-14(29-2)12(7-10(13)19)24-16-15(20)17(23-9-22-16)25-26-18(27)11-5-3-4-6-21-11/h3-9H,20H2,1-2H3,(H,26,27)(H2,22,23,24,25). The Morgan fingerprint density at radius 1 is 1.07 bits per heavy atom. The molecule has 0 radical (unpaired) electrons. The molecule has 0 unspecified atom stereocenters. The van der Waals surface area contributed by atoms with Crippen molar-refractivity contribution in [3.05, 3.63) is 53.6 Å². The number of benzene rings is 1. The van der Waals surface area contributed by atoms with Crippen LogP contribution in [0.2, 0.25) is 5.02 Å². The minimum atomic E-state index is -0.443. The molecular formula is C18H18ClN7O3. The first-order chi connectivity index (χ1) is 14.0. The zero-order valence-electron chi connectivity index (χ0n) is 15.6. The average Bonchev–Trinajstić information content (AvgIpc) is 2.75. The van der Waals surface area contributed by atoms with Crippen molar-refractivity contribution in [3.8, 4) is 11.5 Å². The maximum Gasteiger partial charge on any atom is 0.288 e. The van der Waals surface area contributed by atoms with E-state index in [-0.39, 0.29) is 23.0 Å². The third-order valence-corrected chi connectivity index (χ3v) is 4.10. The Labute approximate surface area is 171 Å². The number of nitrogens with zero attached hydrogens (tertiary/aromatic N) is 3. The zero-order valence-corrected chi connectivity index (χ0v) is 16.3. The SMILES string of the molecule is COc1cc(OC)c(Nc2ncnc(NNC(=O)c3ccccn3)c2N)cc1Cl. The highest BCUT2D eigenvalue weighted by Crippen LogP contribution is 2.38. The van der Waals surface area contributed by atoms with E-state index in [0.717, 1.165) is 0 Å². The van der Waals surface area contributed by atoms with Gasteiger partial charge in [-0.05, 0) is 18.2 Å². The van der Waals surface area contributed by atoms with Crippen molar-refractivity contribution in [2.45, 2.75) is 0 Å². The Bertz CT molecular complexity index is 1020. The summed E-state index contributed by atoms with van der Waals surface area (Å²) < 4.78 is 10.5. The van der Waals surface area contributed by atoms with Crippen LogP contribution in [0.4, 0.5) is 23.0 Å². The highest BCUT2D eigenvalue weighted by molar-refractivity contribution is 6.32. The predicted molar refractivity (Wildman–Crippen MR) is 110 cm³/mol. The van der Waals surface area contributed by atoms with Crippen molar-refractivity contribution in [2.75, 3.05) is 30.7 Å². The Morgan fingerprint density at radius 3 is 2.52 bits per heavy atom. The van der Waals surface area contributed by atoms with Crippen LogP contribution in [0.5, 0.6) is 11.5 Å². The first-order valence-electron chi connectivity index (χ1n) is 8.30. The van der Waals surface area contributed by atoms with Crippen molar-refractivity contribution in [3.63, 3.8) is 0 Å². The van der Waals surface area contributed by atoms with Crippen molar-refractivity contribution < 1.29 is 14.3 Å². The molecule has 2 heterocycles. The summed E-state index contributed by atoms with van der Waals surface area (Å²) in [5, 5.41) is 3.42. The van der Waals surface area contributed by atoms with Gasteiger partial charge in [0.15, 0.2) is 11.6 Å². The van der Waals surface area contributed by atoms with Crippen LogP contribution in [0.25, 0.3) is 0 Å². The lowest BCUT2D eigenvalue weighted by molar-refractivity contribution is 0.0957. The van der Waals surface area contributed by atoms with Gasteiger partial charge >= 0.3 is 0 Å². The monoisotopic (exact) mass is 415 g/mol. The molecule has 5 N–H and O–H groups in total. The summed E-state index contributed by atoms with van der Waals surface area (Å²) >= 11 is 6.19. The minimum Gasteiger partial charge on any atom is -0.495 e. The predicted octanol–water partition coefficient (Wildman–Crippen LogP) is 2.62. The second-order valence-corrected chi connectivity index (χ2v) is 6.00. The van der Waals surface area contributed by atoms with Crippen LogP contribution in [0.15, 0.2) is 42.9 Å². The molecule has 150 valence electrons. The first-order valence-corrected chi connectivity index (χ1v) is 8.67. The number of ether oxygens (including phenoxy) is 2. The van der Waals surface area contributed by atoms with Gasteiger partial charge in [0, 0.05) is 12.3 Å². The molecule has 3 aromatic rings. The number of hydrazine groups is 1. The summed E-state index contributed by atoms with van der Waals surface area (Å²) in [4.78, 5) is 24.2. The highest BCUT2D eigenvalue weighted by Gasteiger charge is 2.15. The summed E-state index contributed by atoms with van der Waals surface area (Å²) in [6, 6.07) is 8.25. The van der Waals surface area contributed by atoms with E-state index in [4.69, 9.17) is 26.8 Å². The van der Waals surface area contributed by atoms with Gasteiger partial charge in [0.25, 0.3) is 5.91 Å². The quantitative estimate of drug-likeness (QED) is 0.429. The third-order valence-electron chi connectivity index (χ3n) is 3.80. The smallest absolute Gasteiger partial charge is 0.288 e. The number of halogens is 1. The van der Waals surface area contributed by atoms with Gasteiger partial charge in [-0.15, -0.1) is 0 Å². The number of nitrogens with one attached hydrogen (secondary N) is 3. The Hall–Kier alpha value is -3.79. The fourth-order valence-electron chi connectivity index (χ4n) is 2.36. The number of methoxy groups -OCH3 is 2. The molecule has 3 rings (SSSR count). The highest BCUT2D eigenvalue weighted by atomic mass is 35.5. The summed E-state index contributed by atoms with van der Waals surface area (Å²) in [6.07, 6.45) is 2.80. The lowest BCUT2D eigenvalue weighted by Gasteiger charge is -2.16. The molecule has 0 bridgehead atoms. The van der Waals surface area contributed by atoms with Crippen LogP contribution in [0, 0.1) is 0 Å². The molecule has 10 nitrogen and oxygen atoms in total. The number of carbonyl (C=O) groups is 1. The lowest BCUT2D eigenvalue weighted by Crippen LogP contribution is -2.31. The summed E-state index contributed by atoms with van der Waals surface area (Å²) in [6.45, 7) is 0. The van der Waals surface area contributed by atoms with E-state index in [2.05, 4.69) is 31.1 Å². The fraction of sp³-hybridized carbons (Fsp3) is 0.111. The van der Waals surface area contributed by atoms with E-state index < -0.39 is 5.91 Å². The Morgan fingerprint density at radius 2 is 1.83 bits per heavy atom. The molecule has 1 amide bonds. The van der Waals surface area contributed by atoms with Gasteiger partial charge < -0.3 is 20.5 Å². The van der Waals surface area contributed by atoms with E-state index >= 15 is 0 Å². The second kappa shape index (κ2) is 8.93. The van der Waals surface area contributed by atoms with E-state index in [1.165, 1.54) is 26.7 Å². The minimum absolute atomic E-state index is 0.169. The lowest BCUT2D eigenvalue weighted by atomic mass is 10.2. The van der Waals surface area contributed by atoms with E-state index in [1.54, 1.807) is 30.3 Å². The molecule has 0 saturated carbocycles. The number of nitrogens with two attached hydrogens (primary N) is 1. The number of amides is 1. The molecule has 0 fully saturated rings. The maximum atomic E-state index is 12.1. The molecular weight excluding hydrogens is 398 g/mol. The summed E-state index contributed by atoms with van der Waals surface area (Å²) in [7, 11) is 3.02. The van der Waals surface area contributed by atoms with E-state index in [1.807, 2.05) is 0 Å². The normalized spacial score (nSPS) is 10.2. The van der Waals surface area contributed by atoms with Gasteiger partial charge in [-0.1, -0.05) is 17.7 Å². The number of rotatable bonds is 7. The van der Waals surface area contributed by atoms with Crippen LogP contribution in [-0.2, 0) is 0 Å². The largest absolute Gasteiger partial charge is 0.495 e. The second-order valence-electron chi connectivity index (χ2n) is 5.59. The van der Waals surface area contributed by atoms with Crippen LogP contribution >= 0.6 is 11.6 Å². The van der Waals surface area contributed by atoms with E-state index in [9.17, 15) is 4.79 Å². The van der Waals surface area contributed by atoms with E-state index in [0.29, 0.717) is 22.2 Å². The number of carbonyl (C=O) groups excluding carboxylic acids is 1. The molecule has 0 saturated heterocycles. The topological polar surface area (TPSA) is 136 Å². The number of pyridine rings is 1. The van der Waals surface area contributed by atoms with Gasteiger partial charge in [-0.2, -0.15) is 0 Å². The number of aromatic nitrogens is 3. The molecule has 29 heavy (non-hydrogen) atoms. The molecule has 11 heteroatoms. The molecule has 0 aliphatic rings. The molecule has 0 atom stereocenters. The van der Waals surface area contributed by atoms with Crippen LogP contribution in [0.1, 0.15) is 10.5 Å². The number of hydrogen-bond donors (Lipinski definition) is 4. The van der Waals surface area contributed by atoms with Gasteiger partial charge in [0.2, 0.25) is 0 Å². The molecule has 0 spiro atoms. The molecule has 0 aliphatic heterocycles. The van der Waals surface area contributed by atoms with Crippen molar-refractivity contribution >= 4 is 40.5 Å². The number of anilines is 4. The van der Waals surface area contributed by atoms with Gasteiger partial charge in [0.05, 0.1) is 24.9 Å². The average molecular weight is 416 g/mol.